The van der Waals surface area contributed by atoms with Gasteiger partial charge in [0.1, 0.15) is 5.52 Å². The van der Waals surface area contributed by atoms with Crippen LogP contribution >= 0.6 is 11.3 Å². The molecule has 0 spiro atoms. The Morgan fingerprint density at radius 2 is 2.18 bits per heavy atom. The van der Waals surface area contributed by atoms with E-state index in [0.717, 1.165) is 33.8 Å². The van der Waals surface area contributed by atoms with Crippen molar-refractivity contribution in [2.24, 2.45) is 0 Å². The molecule has 3 rings (SSSR count). The highest BCUT2D eigenvalue weighted by atomic mass is 32.1. The molecular formula is C13H12N2OS. The number of aryl methyl sites for hydroxylation is 2. The molecule has 0 saturated heterocycles. The number of oxazole rings is 1. The smallest absolute Gasteiger partial charge is 0.192 e. The maximum Gasteiger partial charge on any atom is 0.192 e. The molecule has 3 aromatic rings. The standard InChI is InChI=1S/C13H12N2OS/c1-3-13-15-11(7-17-13)9-4-5-12-10(6-9)14-8(2)16-12/h4-7H,3H2,1-2H3. The molecular weight excluding hydrogens is 232 g/mol. The van der Waals surface area contributed by atoms with E-state index in [1.54, 1.807) is 11.3 Å². The van der Waals surface area contributed by atoms with Crippen LogP contribution in [0, 0.1) is 6.92 Å². The fraction of sp³-hybridized carbons (Fsp3) is 0.231. The van der Waals surface area contributed by atoms with E-state index in [9.17, 15) is 0 Å². The molecule has 0 atom stereocenters. The zero-order valence-electron chi connectivity index (χ0n) is 9.73. The quantitative estimate of drug-likeness (QED) is 0.687. The number of thiazole rings is 1. The van der Waals surface area contributed by atoms with E-state index in [2.05, 4.69) is 22.3 Å². The summed E-state index contributed by atoms with van der Waals surface area (Å²) in [5, 5.41) is 3.25. The van der Waals surface area contributed by atoms with Crippen molar-refractivity contribution in [3.8, 4) is 11.3 Å². The van der Waals surface area contributed by atoms with E-state index in [1.165, 1.54) is 0 Å². The summed E-state index contributed by atoms with van der Waals surface area (Å²) in [7, 11) is 0. The van der Waals surface area contributed by atoms with Crippen LogP contribution in [0.25, 0.3) is 22.4 Å². The Labute approximate surface area is 103 Å². The fourth-order valence-corrected chi connectivity index (χ4v) is 2.56. The zero-order valence-corrected chi connectivity index (χ0v) is 10.5. The number of rotatable bonds is 2. The molecule has 0 fully saturated rings. The van der Waals surface area contributed by atoms with Crippen molar-refractivity contribution in [1.82, 2.24) is 9.97 Å². The van der Waals surface area contributed by atoms with Crippen LogP contribution < -0.4 is 0 Å². The summed E-state index contributed by atoms with van der Waals surface area (Å²) in [6, 6.07) is 6.01. The molecule has 0 aliphatic rings. The van der Waals surface area contributed by atoms with Crippen LogP contribution in [0.3, 0.4) is 0 Å². The Kier molecular flexibility index (Phi) is 2.44. The van der Waals surface area contributed by atoms with Crippen molar-refractivity contribution >= 4 is 22.4 Å². The van der Waals surface area contributed by atoms with Crippen LogP contribution in [-0.4, -0.2) is 9.97 Å². The SMILES string of the molecule is CCc1nc(-c2ccc3oc(C)nc3c2)cs1. The van der Waals surface area contributed by atoms with E-state index in [-0.39, 0.29) is 0 Å². The molecule has 0 aliphatic heterocycles. The Bertz CT molecular complexity index is 669. The van der Waals surface area contributed by atoms with Crippen LogP contribution in [0.15, 0.2) is 28.0 Å². The van der Waals surface area contributed by atoms with Gasteiger partial charge in [0.25, 0.3) is 0 Å². The van der Waals surface area contributed by atoms with E-state index >= 15 is 0 Å². The van der Waals surface area contributed by atoms with E-state index in [0.29, 0.717) is 5.89 Å². The van der Waals surface area contributed by atoms with Crippen molar-refractivity contribution in [2.75, 3.05) is 0 Å². The van der Waals surface area contributed by atoms with Gasteiger partial charge in [-0.3, -0.25) is 0 Å². The highest BCUT2D eigenvalue weighted by Gasteiger charge is 2.07. The lowest BCUT2D eigenvalue weighted by Gasteiger charge is -1.95. The Hall–Kier alpha value is -1.68. The zero-order chi connectivity index (χ0) is 11.8. The van der Waals surface area contributed by atoms with E-state index in [1.807, 2.05) is 25.1 Å². The monoisotopic (exact) mass is 244 g/mol. The third-order valence-corrected chi connectivity index (χ3v) is 3.64. The van der Waals surface area contributed by atoms with Crippen molar-refractivity contribution in [2.45, 2.75) is 20.3 Å². The number of aromatic nitrogens is 2. The minimum atomic E-state index is 0.699. The number of benzene rings is 1. The summed E-state index contributed by atoms with van der Waals surface area (Å²) in [5.41, 5.74) is 3.85. The minimum Gasteiger partial charge on any atom is -0.441 e. The Morgan fingerprint density at radius 1 is 1.29 bits per heavy atom. The largest absolute Gasteiger partial charge is 0.441 e. The molecule has 3 nitrogen and oxygen atoms in total. The summed E-state index contributed by atoms with van der Waals surface area (Å²) in [4.78, 5) is 8.91. The molecule has 4 heteroatoms. The topological polar surface area (TPSA) is 38.9 Å². The molecule has 17 heavy (non-hydrogen) atoms. The van der Waals surface area contributed by atoms with E-state index in [4.69, 9.17) is 4.42 Å². The average Bonchev–Trinajstić information content (AvgIpc) is 2.92. The lowest BCUT2D eigenvalue weighted by atomic mass is 10.1. The number of hydrogen-bond acceptors (Lipinski definition) is 4. The van der Waals surface area contributed by atoms with E-state index < -0.39 is 0 Å². The van der Waals surface area contributed by atoms with Crippen molar-refractivity contribution < 1.29 is 4.42 Å². The Morgan fingerprint density at radius 3 is 2.94 bits per heavy atom. The predicted octanol–water partition coefficient (Wildman–Crippen LogP) is 3.82. The number of nitrogens with zero attached hydrogens (tertiary/aromatic N) is 2. The average molecular weight is 244 g/mol. The van der Waals surface area contributed by atoms with Gasteiger partial charge in [-0.2, -0.15) is 0 Å². The molecule has 0 aliphatic carbocycles. The molecule has 0 bridgehead atoms. The van der Waals surface area contributed by atoms with Crippen molar-refractivity contribution in [3.63, 3.8) is 0 Å². The first-order valence-electron chi connectivity index (χ1n) is 5.58. The summed E-state index contributed by atoms with van der Waals surface area (Å²) in [6.45, 7) is 3.98. The second-order valence-electron chi connectivity index (χ2n) is 3.90. The minimum absolute atomic E-state index is 0.699. The molecule has 1 aromatic carbocycles. The maximum atomic E-state index is 5.46. The summed E-state index contributed by atoms with van der Waals surface area (Å²) < 4.78 is 5.46. The van der Waals surface area contributed by atoms with Crippen LogP contribution in [0.5, 0.6) is 0 Å². The molecule has 2 aromatic heterocycles. The second-order valence-corrected chi connectivity index (χ2v) is 4.84. The van der Waals surface area contributed by atoms with Gasteiger partial charge in [-0.25, -0.2) is 9.97 Å². The van der Waals surface area contributed by atoms with Crippen molar-refractivity contribution in [1.29, 1.82) is 0 Å². The molecule has 0 saturated carbocycles. The highest BCUT2D eigenvalue weighted by molar-refractivity contribution is 7.09. The van der Waals surface area contributed by atoms with Gasteiger partial charge in [-0.15, -0.1) is 11.3 Å². The van der Waals surface area contributed by atoms with Gasteiger partial charge in [0.05, 0.1) is 10.7 Å². The van der Waals surface area contributed by atoms with Crippen molar-refractivity contribution in [3.05, 3.63) is 34.5 Å². The first-order chi connectivity index (χ1) is 8.26. The molecule has 86 valence electrons. The summed E-state index contributed by atoms with van der Waals surface area (Å²) in [6.07, 6.45) is 0.982. The maximum absolute atomic E-state index is 5.46. The fourth-order valence-electron chi connectivity index (χ4n) is 1.81. The van der Waals surface area contributed by atoms with Crippen LogP contribution in [0.1, 0.15) is 17.8 Å². The van der Waals surface area contributed by atoms with Gasteiger partial charge >= 0.3 is 0 Å². The molecule has 0 amide bonds. The third kappa shape index (κ3) is 1.85. The lowest BCUT2D eigenvalue weighted by Crippen LogP contribution is -1.80. The molecule has 0 unspecified atom stereocenters. The molecule has 0 N–H and O–H groups in total. The highest BCUT2D eigenvalue weighted by Crippen LogP contribution is 2.26. The molecule has 0 radical (unpaired) electrons. The van der Waals surface area contributed by atoms with Gasteiger partial charge in [0, 0.05) is 17.9 Å². The lowest BCUT2D eigenvalue weighted by molar-refractivity contribution is 0.561. The van der Waals surface area contributed by atoms with Crippen LogP contribution in [0.2, 0.25) is 0 Å². The van der Waals surface area contributed by atoms with Gasteiger partial charge in [0.2, 0.25) is 0 Å². The van der Waals surface area contributed by atoms with Gasteiger partial charge in [-0.1, -0.05) is 6.92 Å². The normalized spacial score (nSPS) is 11.2. The van der Waals surface area contributed by atoms with Gasteiger partial charge in [-0.05, 0) is 24.6 Å². The van der Waals surface area contributed by atoms with Gasteiger partial charge < -0.3 is 4.42 Å². The Balaban J connectivity index is 2.10. The van der Waals surface area contributed by atoms with Crippen LogP contribution in [-0.2, 0) is 6.42 Å². The summed E-state index contributed by atoms with van der Waals surface area (Å²) in [5.74, 6) is 0.699. The first kappa shape index (κ1) is 10.5. The van der Waals surface area contributed by atoms with Gasteiger partial charge in [0.15, 0.2) is 11.5 Å². The van der Waals surface area contributed by atoms with Crippen LogP contribution in [0.4, 0.5) is 0 Å². The first-order valence-corrected chi connectivity index (χ1v) is 6.46. The number of fused-ring (bicyclic) bond motifs is 1. The predicted molar refractivity (Wildman–Crippen MR) is 69.2 cm³/mol. The molecule has 2 heterocycles. The number of hydrogen-bond donors (Lipinski definition) is 0. The second kappa shape index (κ2) is 3.96. The summed E-state index contributed by atoms with van der Waals surface area (Å²) >= 11 is 1.70. The third-order valence-electron chi connectivity index (χ3n) is 2.64.